The maximum Gasteiger partial charge on any atom is 0.222 e. The molecule has 1 aliphatic rings. The summed E-state index contributed by atoms with van der Waals surface area (Å²) in [4.78, 5) is 13.2. The minimum Gasteiger partial charge on any atom is -0.389 e. The quantitative estimate of drug-likeness (QED) is 0.616. The lowest BCUT2D eigenvalue weighted by Gasteiger charge is -2.35. The average molecular weight is 186 g/mol. The number of carbonyl (C=O) groups is 1. The third kappa shape index (κ3) is 2.97. The van der Waals surface area contributed by atoms with Gasteiger partial charge in [0.05, 0.1) is 12.0 Å². The third-order valence-electron chi connectivity index (χ3n) is 2.69. The highest BCUT2D eigenvalue weighted by atomic mass is 16.3. The van der Waals surface area contributed by atoms with Gasteiger partial charge >= 0.3 is 0 Å². The summed E-state index contributed by atoms with van der Waals surface area (Å²) >= 11 is 0. The Kier molecular flexibility index (Phi) is 3.27. The van der Waals surface area contributed by atoms with Crippen LogP contribution in [0.5, 0.6) is 0 Å². The number of piperidine rings is 1. The first-order valence-electron chi connectivity index (χ1n) is 4.67. The van der Waals surface area contributed by atoms with Gasteiger partial charge in [0, 0.05) is 20.1 Å². The van der Waals surface area contributed by atoms with Crippen molar-refractivity contribution in [2.75, 3.05) is 27.2 Å². The summed E-state index contributed by atoms with van der Waals surface area (Å²) in [6.07, 6.45) is 1.62. The zero-order valence-electron chi connectivity index (χ0n) is 8.34. The van der Waals surface area contributed by atoms with E-state index in [0.29, 0.717) is 12.8 Å². The summed E-state index contributed by atoms with van der Waals surface area (Å²) in [5.74, 6) is -0.0768. The fraction of sp³-hybridized carbons (Fsp3) is 0.889. The Morgan fingerprint density at radius 1 is 1.54 bits per heavy atom. The lowest BCUT2D eigenvalue weighted by atomic mass is 9.88. The van der Waals surface area contributed by atoms with Crippen molar-refractivity contribution in [2.24, 2.45) is 0 Å². The van der Waals surface area contributed by atoms with E-state index in [-0.39, 0.29) is 12.3 Å². The van der Waals surface area contributed by atoms with Gasteiger partial charge in [-0.15, -0.1) is 0 Å². The second-order valence-electron chi connectivity index (χ2n) is 3.88. The SMILES string of the molecule is CNC(=O)CC1(O)CCN(C)CC1. The molecular formula is C9H18N2O2. The topological polar surface area (TPSA) is 52.6 Å². The van der Waals surface area contributed by atoms with Gasteiger partial charge < -0.3 is 15.3 Å². The number of hydrogen-bond acceptors (Lipinski definition) is 3. The molecule has 1 heterocycles. The molecule has 76 valence electrons. The first-order chi connectivity index (χ1) is 6.06. The van der Waals surface area contributed by atoms with Gasteiger partial charge in [0.2, 0.25) is 5.91 Å². The number of rotatable bonds is 2. The summed E-state index contributed by atoms with van der Waals surface area (Å²) < 4.78 is 0. The summed E-state index contributed by atoms with van der Waals surface area (Å²) in [6.45, 7) is 1.74. The number of amides is 1. The molecule has 0 aromatic rings. The molecule has 4 heteroatoms. The van der Waals surface area contributed by atoms with Gasteiger partial charge in [0.25, 0.3) is 0 Å². The molecule has 0 unspecified atom stereocenters. The van der Waals surface area contributed by atoms with Crippen molar-refractivity contribution >= 4 is 5.91 Å². The standard InChI is InChI=1S/C9H18N2O2/c1-10-8(12)7-9(13)3-5-11(2)6-4-9/h13H,3-7H2,1-2H3,(H,10,12). The molecule has 0 aromatic carbocycles. The third-order valence-corrected chi connectivity index (χ3v) is 2.69. The highest BCUT2D eigenvalue weighted by Crippen LogP contribution is 2.24. The van der Waals surface area contributed by atoms with Gasteiger partial charge in [-0.3, -0.25) is 4.79 Å². The van der Waals surface area contributed by atoms with Gasteiger partial charge in [-0.05, 0) is 19.9 Å². The van der Waals surface area contributed by atoms with Crippen LogP contribution in [0.15, 0.2) is 0 Å². The summed E-state index contributed by atoms with van der Waals surface area (Å²) in [5, 5.41) is 12.5. The molecule has 1 aliphatic heterocycles. The molecule has 4 nitrogen and oxygen atoms in total. The summed E-state index contributed by atoms with van der Waals surface area (Å²) in [6, 6.07) is 0. The van der Waals surface area contributed by atoms with Crippen LogP contribution in [0.25, 0.3) is 0 Å². The predicted molar refractivity (Wildman–Crippen MR) is 50.4 cm³/mol. The minimum absolute atomic E-state index is 0.0768. The van der Waals surface area contributed by atoms with Gasteiger partial charge in [-0.2, -0.15) is 0 Å². The van der Waals surface area contributed by atoms with Crippen molar-refractivity contribution in [3.8, 4) is 0 Å². The fourth-order valence-corrected chi connectivity index (χ4v) is 1.60. The fourth-order valence-electron chi connectivity index (χ4n) is 1.60. The molecule has 0 aliphatic carbocycles. The van der Waals surface area contributed by atoms with Crippen molar-refractivity contribution in [3.63, 3.8) is 0 Å². The highest BCUT2D eigenvalue weighted by Gasteiger charge is 2.32. The predicted octanol–water partition coefficient (Wildman–Crippen LogP) is -0.421. The number of aliphatic hydroxyl groups is 1. The van der Waals surface area contributed by atoms with Gasteiger partial charge in [0.15, 0.2) is 0 Å². The molecule has 0 atom stereocenters. The Labute approximate surface area is 78.9 Å². The van der Waals surface area contributed by atoms with Crippen molar-refractivity contribution in [1.82, 2.24) is 10.2 Å². The number of nitrogens with one attached hydrogen (secondary N) is 1. The van der Waals surface area contributed by atoms with E-state index in [0.717, 1.165) is 13.1 Å². The Morgan fingerprint density at radius 2 is 2.08 bits per heavy atom. The molecule has 0 bridgehead atoms. The molecular weight excluding hydrogens is 168 g/mol. The lowest BCUT2D eigenvalue weighted by Crippen LogP contribution is -2.45. The van der Waals surface area contributed by atoms with Gasteiger partial charge in [0.1, 0.15) is 0 Å². The minimum atomic E-state index is -0.771. The van der Waals surface area contributed by atoms with E-state index in [4.69, 9.17) is 0 Å². The number of carbonyl (C=O) groups excluding carboxylic acids is 1. The van der Waals surface area contributed by atoms with E-state index in [1.54, 1.807) is 7.05 Å². The Balaban J connectivity index is 2.43. The van der Waals surface area contributed by atoms with Crippen LogP contribution < -0.4 is 5.32 Å². The zero-order valence-corrected chi connectivity index (χ0v) is 8.34. The van der Waals surface area contributed by atoms with Crippen LogP contribution in [0.1, 0.15) is 19.3 Å². The van der Waals surface area contributed by atoms with Crippen LogP contribution in [0, 0.1) is 0 Å². The summed E-state index contributed by atoms with van der Waals surface area (Å²) in [5.41, 5.74) is -0.771. The second-order valence-corrected chi connectivity index (χ2v) is 3.88. The zero-order chi connectivity index (χ0) is 9.90. The van der Waals surface area contributed by atoms with E-state index < -0.39 is 5.60 Å². The van der Waals surface area contributed by atoms with Gasteiger partial charge in [-0.1, -0.05) is 0 Å². The molecule has 0 aromatic heterocycles. The van der Waals surface area contributed by atoms with Gasteiger partial charge in [-0.25, -0.2) is 0 Å². The van der Waals surface area contributed by atoms with Crippen molar-refractivity contribution in [3.05, 3.63) is 0 Å². The smallest absolute Gasteiger partial charge is 0.222 e. The Morgan fingerprint density at radius 3 is 2.54 bits per heavy atom. The van der Waals surface area contributed by atoms with Crippen molar-refractivity contribution in [1.29, 1.82) is 0 Å². The maximum absolute atomic E-state index is 11.1. The van der Waals surface area contributed by atoms with Crippen LogP contribution in [-0.4, -0.2) is 48.7 Å². The molecule has 1 fully saturated rings. The molecule has 1 amide bonds. The van der Waals surface area contributed by atoms with Crippen LogP contribution in [-0.2, 0) is 4.79 Å². The largest absolute Gasteiger partial charge is 0.389 e. The van der Waals surface area contributed by atoms with Crippen LogP contribution in [0.2, 0.25) is 0 Å². The molecule has 0 saturated carbocycles. The highest BCUT2D eigenvalue weighted by molar-refractivity contribution is 5.76. The Hall–Kier alpha value is -0.610. The second kappa shape index (κ2) is 4.07. The molecule has 1 rings (SSSR count). The number of hydrogen-bond donors (Lipinski definition) is 2. The average Bonchev–Trinajstić information content (AvgIpc) is 2.10. The van der Waals surface area contributed by atoms with E-state index in [2.05, 4.69) is 10.2 Å². The van der Waals surface area contributed by atoms with Crippen LogP contribution in [0.3, 0.4) is 0 Å². The molecule has 0 spiro atoms. The molecule has 2 N–H and O–H groups in total. The summed E-state index contributed by atoms with van der Waals surface area (Å²) in [7, 11) is 3.63. The van der Waals surface area contributed by atoms with Crippen LogP contribution >= 0.6 is 0 Å². The first kappa shape index (κ1) is 10.5. The number of likely N-dealkylation sites (tertiary alicyclic amines) is 1. The van der Waals surface area contributed by atoms with E-state index in [9.17, 15) is 9.90 Å². The molecule has 0 radical (unpaired) electrons. The van der Waals surface area contributed by atoms with E-state index in [1.807, 2.05) is 7.05 Å². The van der Waals surface area contributed by atoms with E-state index >= 15 is 0 Å². The molecule has 13 heavy (non-hydrogen) atoms. The number of nitrogens with zero attached hydrogens (tertiary/aromatic N) is 1. The molecule has 1 saturated heterocycles. The maximum atomic E-state index is 11.1. The van der Waals surface area contributed by atoms with Crippen molar-refractivity contribution < 1.29 is 9.90 Å². The normalized spacial score (nSPS) is 22.7. The van der Waals surface area contributed by atoms with E-state index in [1.165, 1.54) is 0 Å². The lowest BCUT2D eigenvalue weighted by molar-refractivity contribution is -0.127. The monoisotopic (exact) mass is 186 g/mol. The Bertz CT molecular complexity index is 186. The van der Waals surface area contributed by atoms with Crippen molar-refractivity contribution in [2.45, 2.75) is 24.9 Å². The van der Waals surface area contributed by atoms with Crippen LogP contribution in [0.4, 0.5) is 0 Å². The first-order valence-corrected chi connectivity index (χ1v) is 4.67.